The van der Waals surface area contributed by atoms with Crippen molar-refractivity contribution in [1.82, 2.24) is 20.4 Å². The van der Waals surface area contributed by atoms with Crippen LogP contribution >= 0.6 is 0 Å². The molecule has 0 bridgehead atoms. The van der Waals surface area contributed by atoms with E-state index in [1.165, 1.54) is 24.1 Å². The van der Waals surface area contributed by atoms with Gasteiger partial charge in [-0.3, -0.25) is 9.48 Å². The summed E-state index contributed by atoms with van der Waals surface area (Å²) in [4.78, 5) is 12.2. The van der Waals surface area contributed by atoms with Gasteiger partial charge in [0.05, 0.1) is 12.2 Å². The van der Waals surface area contributed by atoms with Crippen molar-refractivity contribution in [3.8, 4) is 0 Å². The quantitative estimate of drug-likeness (QED) is 0.875. The van der Waals surface area contributed by atoms with E-state index in [2.05, 4.69) is 15.7 Å². The fourth-order valence-electron chi connectivity index (χ4n) is 3.47. The first kappa shape index (κ1) is 13.6. The van der Waals surface area contributed by atoms with Crippen molar-refractivity contribution in [3.63, 3.8) is 0 Å². The minimum atomic E-state index is 0.163. The van der Waals surface area contributed by atoms with E-state index in [1.807, 2.05) is 17.9 Å². The van der Waals surface area contributed by atoms with Gasteiger partial charge >= 0.3 is 0 Å². The van der Waals surface area contributed by atoms with Crippen LogP contribution in [0, 0.1) is 5.92 Å². The van der Waals surface area contributed by atoms with Gasteiger partial charge in [-0.1, -0.05) is 0 Å². The second-order valence-electron chi connectivity index (χ2n) is 6.10. The Bertz CT molecular complexity index is 476. The van der Waals surface area contributed by atoms with Gasteiger partial charge in [0.2, 0.25) is 5.91 Å². The summed E-state index contributed by atoms with van der Waals surface area (Å²) in [6.45, 7) is 2.08. The molecule has 0 aromatic carbocycles. The van der Waals surface area contributed by atoms with E-state index in [0.717, 1.165) is 32.4 Å². The van der Waals surface area contributed by atoms with E-state index in [4.69, 9.17) is 0 Å². The molecule has 1 aliphatic heterocycles. The van der Waals surface area contributed by atoms with E-state index in [0.29, 0.717) is 12.3 Å². The lowest BCUT2D eigenvalue weighted by molar-refractivity contribution is -0.123. The Labute approximate surface area is 120 Å². The molecule has 2 atom stereocenters. The van der Waals surface area contributed by atoms with Crippen LogP contribution in [0.25, 0.3) is 0 Å². The molecule has 1 fully saturated rings. The smallest absolute Gasteiger partial charge is 0.220 e. The van der Waals surface area contributed by atoms with Gasteiger partial charge in [0.15, 0.2) is 0 Å². The van der Waals surface area contributed by atoms with Crippen LogP contribution < -0.4 is 10.6 Å². The average Bonchev–Trinajstić information content (AvgIpc) is 2.83. The summed E-state index contributed by atoms with van der Waals surface area (Å²) in [5, 5.41) is 10.9. The van der Waals surface area contributed by atoms with Gasteiger partial charge < -0.3 is 10.6 Å². The lowest BCUT2D eigenvalue weighted by Crippen LogP contribution is -2.36. The second-order valence-corrected chi connectivity index (χ2v) is 6.10. The maximum atomic E-state index is 12.2. The van der Waals surface area contributed by atoms with Crippen LogP contribution in [0.5, 0.6) is 0 Å². The van der Waals surface area contributed by atoms with Crippen molar-refractivity contribution >= 4 is 5.91 Å². The summed E-state index contributed by atoms with van der Waals surface area (Å²) in [6, 6.07) is 0.163. The van der Waals surface area contributed by atoms with Crippen LogP contribution in [0.1, 0.15) is 49.4 Å². The zero-order valence-electron chi connectivity index (χ0n) is 12.2. The number of aromatic nitrogens is 2. The average molecular weight is 276 g/mol. The first-order chi connectivity index (χ1) is 9.74. The van der Waals surface area contributed by atoms with Crippen LogP contribution in [0.15, 0.2) is 6.20 Å². The lowest BCUT2D eigenvalue weighted by Gasteiger charge is -2.26. The number of fused-ring (bicyclic) bond motifs is 1. The number of hydrogen-bond donors (Lipinski definition) is 2. The standard InChI is InChI=1S/C15H24N4O/c1-19-14-6-2-5-13(12(14)10-17-19)18-15(20)8-11-4-3-7-16-9-11/h10-11,13,16H,2-9H2,1H3,(H,18,20). The van der Waals surface area contributed by atoms with Gasteiger partial charge in [-0.15, -0.1) is 0 Å². The van der Waals surface area contributed by atoms with Crippen LogP contribution in [-0.4, -0.2) is 28.8 Å². The third-order valence-electron chi connectivity index (χ3n) is 4.58. The number of carbonyl (C=O) groups is 1. The molecule has 2 aliphatic rings. The molecule has 5 nitrogen and oxygen atoms in total. The first-order valence-electron chi connectivity index (χ1n) is 7.75. The van der Waals surface area contributed by atoms with E-state index >= 15 is 0 Å². The highest BCUT2D eigenvalue weighted by Gasteiger charge is 2.25. The van der Waals surface area contributed by atoms with E-state index < -0.39 is 0 Å². The number of nitrogens with one attached hydrogen (secondary N) is 2. The number of hydrogen-bond acceptors (Lipinski definition) is 3. The lowest BCUT2D eigenvalue weighted by atomic mass is 9.92. The van der Waals surface area contributed by atoms with Crippen LogP contribution in [0.4, 0.5) is 0 Å². The van der Waals surface area contributed by atoms with Crippen molar-refractivity contribution in [2.24, 2.45) is 13.0 Å². The summed E-state index contributed by atoms with van der Waals surface area (Å²) in [5.74, 6) is 0.695. The minimum absolute atomic E-state index is 0.163. The largest absolute Gasteiger partial charge is 0.349 e. The van der Waals surface area contributed by atoms with Gasteiger partial charge in [0.1, 0.15) is 0 Å². The van der Waals surface area contributed by atoms with E-state index in [1.54, 1.807) is 0 Å². The number of amides is 1. The maximum absolute atomic E-state index is 12.2. The topological polar surface area (TPSA) is 59.0 Å². The van der Waals surface area contributed by atoms with Gasteiger partial charge in [-0.25, -0.2) is 0 Å². The Balaban J connectivity index is 1.59. The fourth-order valence-corrected chi connectivity index (χ4v) is 3.47. The monoisotopic (exact) mass is 276 g/mol. The number of rotatable bonds is 3. The number of piperidine rings is 1. The molecule has 5 heteroatoms. The Morgan fingerprint density at radius 1 is 1.50 bits per heavy atom. The third-order valence-corrected chi connectivity index (χ3v) is 4.58. The molecule has 1 saturated heterocycles. The maximum Gasteiger partial charge on any atom is 0.220 e. The van der Waals surface area contributed by atoms with Crippen molar-refractivity contribution < 1.29 is 4.79 Å². The molecule has 1 aromatic heterocycles. The molecular formula is C15H24N4O. The molecule has 3 rings (SSSR count). The van der Waals surface area contributed by atoms with E-state index in [-0.39, 0.29) is 11.9 Å². The number of nitrogens with zero attached hydrogens (tertiary/aromatic N) is 2. The predicted octanol–water partition coefficient (Wildman–Crippen LogP) is 1.30. The van der Waals surface area contributed by atoms with Crippen LogP contribution in [-0.2, 0) is 18.3 Å². The normalized spacial score (nSPS) is 26.1. The van der Waals surface area contributed by atoms with Crippen LogP contribution in [0.2, 0.25) is 0 Å². The SMILES string of the molecule is Cn1ncc2c1CCCC2NC(=O)CC1CCCNC1. The molecule has 1 aromatic rings. The molecule has 1 aliphatic carbocycles. The Morgan fingerprint density at radius 3 is 3.20 bits per heavy atom. The molecule has 2 N–H and O–H groups in total. The van der Waals surface area contributed by atoms with Gasteiger partial charge in [0, 0.05) is 24.7 Å². The Hall–Kier alpha value is -1.36. The summed E-state index contributed by atoms with van der Waals surface area (Å²) < 4.78 is 1.94. The van der Waals surface area contributed by atoms with Crippen molar-refractivity contribution in [2.45, 2.75) is 44.6 Å². The molecule has 20 heavy (non-hydrogen) atoms. The first-order valence-corrected chi connectivity index (χ1v) is 7.75. The van der Waals surface area contributed by atoms with Gasteiger partial charge in [0.25, 0.3) is 0 Å². The molecule has 1 amide bonds. The van der Waals surface area contributed by atoms with Crippen molar-refractivity contribution in [1.29, 1.82) is 0 Å². The molecule has 0 saturated carbocycles. The fraction of sp³-hybridized carbons (Fsp3) is 0.733. The number of carbonyl (C=O) groups excluding carboxylic acids is 1. The van der Waals surface area contributed by atoms with Crippen LogP contribution in [0.3, 0.4) is 0 Å². The molecule has 2 heterocycles. The summed E-state index contributed by atoms with van der Waals surface area (Å²) in [5.41, 5.74) is 2.50. The highest BCUT2D eigenvalue weighted by Crippen LogP contribution is 2.29. The molecular weight excluding hydrogens is 252 g/mol. The highest BCUT2D eigenvalue weighted by atomic mass is 16.1. The molecule has 0 radical (unpaired) electrons. The Morgan fingerprint density at radius 2 is 2.40 bits per heavy atom. The minimum Gasteiger partial charge on any atom is -0.349 e. The molecule has 2 unspecified atom stereocenters. The summed E-state index contributed by atoms with van der Waals surface area (Å²) >= 11 is 0. The molecule has 110 valence electrons. The Kier molecular flexibility index (Phi) is 4.05. The zero-order valence-corrected chi connectivity index (χ0v) is 12.2. The zero-order chi connectivity index (χ0) is 13.9. The second kappa shape index (κ2) is 5.95. The predicted molar refractivity (Wildman–Crippen MR) is 77.2 cm³/mol. The number of aryl methyl sites for hydroxylation is 1. The van der Waals surface area contributed by atoms with Crippen molar-refractivity contribution in [2.75, 3.05) is 13.1 Å². The highest BCUT2D eigenvalue weighted by molar-refractivity contribution is 5.76. The van der Waals surface area contributed by atoms with E-state index in [9.17, 15) is 4.79 Å². The van der Waals surface area contributed by atoms with Gasteiger partial charge in [-0.2, -0.15) is 5.10 Å². The van der Waals surface area contributed by atoms with Crippen molar-refractivity contribution in [3.05, 3.63) is 17.5 Å². The summed E-state index contributed by atoms with van der Waals surface area (Å²) in [7, 11) is 1.98. The summed E-state index contributed by atoms with van der Waals surface area (Å²) in [6.07, 6.45) is 8.17. The molecule has 0 spiro atoms. The van der Waals surface area contributed by atoms with Gasteiger partial charge in [-0.05, 0) is 51.1 Å². The third kappa shape index (κ3) is 2.87.